The molecule has 1 aromatic heterocycles. The number of rotatable bonds is 5. The smallest absolute Gasteiger partial charge is 0.233 e. The Morgan fingerprint density at radius 1 is 1.09 bits per heavy atom. The van der Waals surface area contributed by atoms with Crippen molar-refractivity contribution in [3.63, 3.8) is 0 Å². The molecule has 1 amide bonds. The van der Waals surface area contributed by atoms with Crippen molar-refractivity contribution < 1.29 is 14.3 Å². The highest BCUT2D eigenvalue weighted by Gasteiger charge is 2.31. The zero-order valence-corrected chi connectivity index (χ0v) is 19.0. The monoisotopic (exact) mass is 451 g/mol. The van der Waals surface area contributed by atoms with E-state index in [1.165, 1.54) is 22.9 Å². The van der Waals surface area contributed by atoms with Crippen LogP contribution in [0, 0.1) is 13.8 Å². The highest BCUT2D eigenvalue weighted by atomic mass is 32.2. The third-order valence-corrected chi connectivity index (χ3v) is 6.93. The van der Waals surface area contributed by atoms with Crippen molar-refractivity contribution in [3.05, 3.63) is 53.1 Å². The summed E-state index contributed by atoms with van der Waals surface area (Å²) in [5.41, 5.74) is 4.36. The molecule has 32 heavy (non-hydrogen) atoms. The molecule has 0 N–H and O–H groups in total. The maximum Gasteiger partial charge on any atom is 0.233 e. The van der Waals surface area contributed by atoms with Gasteiger partial charge < -0.3 is 14.4 Å². The van der Waals surface area contributed by atoms with Crippen LogP contribution in [0.5, 0.6) is 11.5 Å². The quantitative estimate of drug-likeness (QED) is 0.549. The largest absolute Gasteiger partial charge is 0.486 e. The number of benzene rings is 2. The number of thioether (sulfide) groups is 1. The van der Waals surface area contributed by atoms with Gasteiger partial charge in [-0.3, -0.25) is 4.79 Å². The van der Waals surface area contributed by atoms with Gasteiger partial charge in [0.2, 0.25) is 11.1 Å². The molecule has 2 aliphatic heterocycles. The van der Waals surface area contributed by atoms with E-state index in [-0.39, 0.29) is 17.7 Å². The average Bonchev–Trinajstić information content (AvgIpc) is 3.49. The summed E-state index contributed by atoms with van der Waals surface area (Å²) in [6, 6.07) is 12.1. The van der Waals surface area contributed by atoms with Crippen LogP contribution in [-0.4, -0.2) is 56.5 Å². The van der Waals surface area contributed by atoms with Crippen LogP contribution >= 0.6 is 11.8 Å². The molecule has 5 rings (SSSR count). The first-order valence-corrected chi connectivity index (χ1v) is 11.8. The summed E-state index contributed by atoms with van der Waals surface area (Å²) in [4.78, 5) is 15.1. The molecule has 0 bridgehead atoms. The van der Waals surface area contributed by atoms with Gasteiger partial charge in [-0.1, -0.05) is 23.9 Å². The number of hydrogen-bond acceptors (Lipinski definition) is 7. The Hall–Kier alpha value is -3.07. The van der Waals surface area contributed by atoms with E-state index in [9.17, 15) is 4.79 Å². The third kappa shape index (κ3) is 4.04. The fourth-order valence-corrected chi connectivity index (χ4v) is 4.95. The third-order valence-electron chi connectivity index (χ3n) is 6.02. The van der Waals surface area contributed by atoms with Gasteiger partial charge in [-0.15, -0.1) is 5.10 Å². The average molecular weight is 452 g/mol. The van der Waals surface area contributed by atoms with E-state index in [4.69, 9.17) is 9.47 Å². The highest BCUT2D eigenvalue weighted by Crippen LogP contribution is 2.38. The van der Waals surface area contributed by atoms with Crippen LogP contribution < -0.4 is 9.47 Å². The number of fused-ring (bicyclic) bond motifs is 1. The molecule has 0 saturated carbocycles. The van der Waals surface area contributed by atoms with E-state index < -0.39 is 0 Å². The Kier molecular flexibility index (Phi) is 5.73. The molecule has 0 radical (unpaired) electrons. The van der Waals surface area contributed by atoms with Gasteiger partial charge in [0.25, 0.3) is 0 Å². The Morgan fingerprint density at radius 3 is 2.78 bits per heavy atom. The molecule has 0 unspecified atom stereocenters. The van der Waals surface area contributed by atoms with Gasteiger partial charge in [-0.05, 0) is 78.1 Å². The number of carbonyl (C=O) groups is 1. The first-order chi connectivity index (χ1) is 15.6. The fourth-order valence-electron chi connectivity index (χ4n) is 4.18. The molecule has 166 valence electrons. The lowest BCUT2D eigenvalue weighted by atomic mass is 10.0. The van der Waals surface area contributed by atoms with Crippen LogP contribution in [-0.2, 0) is 4.79 Å². The van der Waals surface area contributed by atoms with Crippen LogP contribution in [0.4, 0.5) is 0 Å². The van der Waals surface area contributed by atoms with Gasteiger partial charge in [0.15, 0.2) is 11.5 Å². The second-order valence-corrected chi connectivity index (χ2v) is 9.02. The van der Waals surface area contributed by atoms with E-state index in [1.807, 2.05) is 35.2 Å². The van der Waals surface area contributed by atoms with E-state index in [1.54, 1.807) is 4.68 Å². The Labute approximate surface area is 190 Å². The number of likely N-dealkylation sites (tertiary alicyclic amines) is 1. The van der Waals surface area contributed by atoms with Crippen LogP contribution in [0.3, 0.4) is 0 Å². The molecule has 0 spiro atoms. The van der Waals surface area contributed by atoms with Gasteiger partial charge in [0.1, 0.15) is 13.2 Å². The van der Waals surface area contributed by atoms with E-state index in [0.717, 1.165) is 42.1 Å². The Bertz CT molecular complexity index is 1150. The maximum atomic E-state index is 13.1. The van der Waals surface area contributed by atoms with Crippen LogP contribution in [0.25, 0.3) is 5.69 Å². The van der Waals surface area contributed by atoms with Crippen LogP contribution in [0.2, 0.25) is 0 Å². The minimum atomic E-state index is 0.0506. The zero-order chi connectivity index (χ0) is 22.1. The van der Waals surface area contributed by atoms with Crippen molar-refractivity contribution in [1.82, 2.24) is 25.1 Å². The predicted octanol–water partition coefficient (Wildman–Crippen LogP) is 3.51. The molecular formula is C23H25N5O3S. The second-order valence-electron chi connectivity index (χ2n) is 8.08. The summed E-state index contributed by atoms with van der Waals surface area (Å²) >= 11 is 1.36. The molecule has 8 nitrogen and oxygen atoms in total. The normalized spacial score (nSPS) is 17.6. The van der Waals surface area contributed by atoms with Gasteiger partial charge in [0, 0.05) is 6.54 Å². The molecule has 0 aliphatic carbocycles. The summed E-state index contributed by atoms with van der Waals surface area (Å²) in [6.07, 6.45) is 1.92. The topological polar surface area (TPSA) is 82.4 Å². The van der Waals surface area contributed by atoms with Crippen molar-refractivity contribution in [3.8, 4) is 17.2 Å². The van der Waals surface area contributed by atoms with Gasteiger partial charge in [-0.2, -0.15) is 4.68 Å². The first kappa shape index (κ1) is 20.8. The van der Waals surface area contributed by atoms with Crippen molar-refractivity contribution in [2.75, 3.05) is 25.5 Å². The van der Waals surface area contributed by atoms with Crippen molar-refractivity contribution in [1.29, 1.82) is 0 Å². The molecule has 1 fully saturated rings. The lowest BCUT2D eigenvalue weighted by Crippen LogP contribution is -2.32. The SMILES string of the molecule is Cc1ccc(-n2nnnc2SCC(=O)N2CCC[C@H]2c2ccc3c(c2)OCCO3)cc1C. The summed E-state index contributed by atoms with van der Waals surface area (Å²) in [5.74, 6) is 1.90. The van der Waals surface area contributed by atoms with Crippen LogP contribution in [0.1, 0.15) is 35.6 Å². The summed E-state index contributed by atoms with van der Waals surface area (Å²) in [5, 5.41) is 12.7. The maximum absolute atomic E-state index is 13.1. The first-order valence-electron chi connectivity index (χ1n) is 10.8. The lowest BCUT2D eigenvalue weighted by molar-refractivity contribution is -0.129. The Morgan fingerprint density at radius 2 is 1.94 bits per heavy atom. The molecule has 3 heterocycles. The zero-order valence-electron chi connectivity index (χ0n) is 18.2. The molecule has 3 aromatic rings. The highest BCUT2D eigenvalue weighted by molar-refractivity contribution is 7.99. The molecular weight excluding hydrogens is 426 g/mol. The lowest BCUT2D eigenvalue weighted by Gasteiger charge is -2.26. The molecule has 2 aromatic carbocycles. The minimum Gasteiger partial charge on any atom is -0.486 e. The number of amides is 1. The van der Waals surface area contributed by atoms with Gasteiger partial charge >= 0.3 is 0 Å². The second kappa shape index (κ2) is 8.82. The number of tetrazole rings is 1. The number of hydrogen-bond donors (Lipinski definition) is 0. The fraction of sp³-hybridized carbons (Fsp3) is 0.391. The van der Waals surface area contributed by atoms with Crippen LogP contribution in [0.15, 0.2) is 41.6 Å². The van der Waals surface area contributed by atoms with Gasteiger partial charge in [0.05, 0.1) is 17.5 Å². The van der Waals surface area contributed by atoms with Crippen molar-refractivity contribution >= 4 is 17.7 Å². The van der Waals surface area contributed by atoms with E-state index in [2.05, 4.69) is 35.4 Å². The number of aromatic nitrogens is 4. The van der Waals surface area contributed by atoms with Crippen molar-refractivity contribution in [2.24, 2.45) is 0 Å². The van der Waals surface area contributed by atoms with E-state index in [0.29, 0.717) is 18.4 Å². The Balaban J connectivity index is 1.28. The molecule has 9 heteroatoms. The summed E-state index contributed by atoms with van der Waals surface area (Å²) in [6.45, 7) is 6.00. The standard InChI is InChI=1S/C23H25N5O3S/c1-15-5-7-18(12-16(15)2)28-23(24-25-26-28)32-14-22(29)27-9-3-4-19(27)17-6-8-20-21(13-17)31-11-10-30-20/h5-8,12-13,19H,3-4,9-11,14H2,1-2H3/t19-/m0/s1. The predicted molar refractivity (Wildman–Crippen MR) is 120 cm³/mol. The minimum absolute atomic E-state index is 0.0506. The molecule has 1 atom stereocenters. The molecule has 2 aliphatic rings. The number of nitrogens with zero attached hydrogens (tertiary/aromatic N) is 5. The van der Waals surface area contributed by atoms with E-state index >= 15 is 0 Å². The summed E-state index contributed by atoms with van der Waals surface area (Å²) < 4.78 is 13.0. The number of ether oxygens (including phenoxy) is 2. The van der Waals surface area contributed by atoms with Gasteiger partial charge in [-0.25, -0.2) is 0 Å². The number of aryl methyl sites for hydroxylation is 2. The number of carbonyl (C=O) groups excluding carboxylic acids is 1. The molecule has 1 saturated heterocycles. The summed E-state index contributed by atoms with van der Waals surface area (Å²) in [7, 11) is 0. The van der Waals surface area contributed by atoms with Crippen molar-refractivity contribution in [2.45, 2.75) is 37.9 Å².